The third-order valence-corrected chi connectivity index (χ3v) is 5.00. The molecule has 1 heterocycles. The fraction of sp³-hybridized carbons (Fsp3) is 0.588. The van der Waals surface area contributed by atoms with Gasteiger partial charge in [0.25, 0.3) is 0 Å². The number of rotatable bonds is 6. The van der Waals surface area contributed by atoms with Gasteiger partial charge >= 0.3 is 0 Å². The Balaban J connectivity index is 2.10. The lowest BCUT2D eigenvalue weighted by molar-refractivity contribution is 0.396. The van der Waals surface area contributed by atoms with Gasteiger partial charge in [-0.3, -0.25) is 9.38 Å². The second-order valence-corrected chi connectivity index (χ2v) is 7.07. The van der Waals surface area contributed by atoms with E-state index in [9.17, 15) is 4.39 Å². The van der Waals surface area contributed by atoms with Crippen molar-refractivity contribution in [2.45, 2.75) is 33.1 Å². The topological polar surface area (TPSA) is 12.4 Å². The molecule has 0 amide bonds. The Hall–Kier alpha value is -0.830. The highest BCUT2D eigenvalue weighted by Gasteiger charge is 2.25. The fourth-order valence-electron chi connectivity index (χ4n) is 2.68. The standard InChI is InChI=1S/C17H24FNS/c1-12(2)10-14-4-6-15(7-5-14)16(11-18)13(3)17-19-8-9-20-17/h4-7,12-13,16H,8-11H2,1-3H3/t13-,16-/m1/s1. The van der Waals surface area contributed by atoms with Gasteiger partial charge in [0, 0.05) is 24.1 Å². The lowest BCUT2D eigenvalue weighted by atomic mass is 9.88. The summed E-state index contributed by atoms with van der Waals surface area (Å²) in [4.78, 5) is 4.50. The number of hydrogen-bond donors (Lipinski definition) is 0. The number of thioether (sulfide) groups is 1. The van der Waals surface area contributed by atoms with E-state index in [1.807, 2.05) is 0 Å². The highest BCUT2D eigenvalue weighted by Crippen LogP contribution is 2.32. The summed E-state index contributed by atoms with van der Waals surface area (Å²) in [6.07, 6.45) is 1.08. The molecule has 2 atom stereocenters. The number of benzene rings is 1. The highest BCUT2D eigenvalue weighted by molar-refractivity contribution is 8.14. The fourth-order valence-corrected chi connectivity index (χ4v) is 3.68. The van der Waals surface area contributed by atoms with Crippen LogP contribution in [0.3, 0.4) is 0 Å². The van der Waals surface area contributed by atoms with Crippen LogP contribution in [0.1, 0.15) is 37.8 Å². The number of aliphatic imine (C=N–C) groups is 1. The van der Waals surface area contributed by atoms with E-state index in [0.717, 1.165) is 29.3 Å². The lowest BCUT2D eigenvalue weighted by Crippen LogP contribution is -2.18. The van der Waals surface area contributed by atoms with Crippen molar-refractivity contribution in [1.82, 2.24) is 0 Å². The SMILES string of the molecule is CC(C)Cc1ccc([C@H](CF)[C@@H](C)C2=NCCS2)cc1. The summed E-state index contributed by atoms with van der Waals surface area (Å²) < 4.78 is 13.5. The summed E-state index contributed by atoms with van der Waals surface area (Å²) in [6.45, 7) is 7.11. The van der Waals surface area contributed by atoms with E-state index in [-0.39, 0.29) is 18.5 Å². The van der Waals surface area contributed by atoms with Crippen LogP contribution >= 0.6 is 11.8 Å². The average molecular weight is 293 g/mol. The second-order valence-electron chi connectivity index (χ2n) is 5.96. The second kappa shape index (κ2) is 7.26. The van der Waals surface area contributed by atoms with E-state index in [1.165, 1.54) is 5.56 Å². The molecule has 0 radical (unpaired) electrons. The maximum atomic E-state index is 13.5. The summed E-state index contributed by atoms with van der Waals surface area (Å²) in [5.74, 6) is 1.82. The first-order valence-electron chi connectivity index (χ1n) is 7.43. The normalized spacial score (nSPS) is 18.1. The molecule has 1 aromatic carbocycles. The van der Waals surface area contributed by atoms with Crippen LogP contribution in [0.15, 0.2) is 29.3 Å². The van der Waals surface area contributed by atoms with E-state index in [4.69, 9.17) is 0 Å². The third kappa shape index (κ3) is 3.85. The Morgan fingerprint density at radius 2 is 1.90 bits per heavy atom. The molecule has 2 rings (SSSR count). The molecule has 1 aromatic rings. The minimum absolute atomic E-state index is 0.0625. The largest absolute Gasteiger partial charge is 0.282 e. The van der Waals surface area contributed by atoms with Crippen molar-refractivity contribution in [3.63, 3.8) is 0 Å². The molecule has 3 heteroatoms. The summed E-state index contributed by atoms with van der Waals surface area (Å²) in [5.41, 5.74) is 2.43. The van der Waals surface area contributed by atoms with Crippen LogP contribution in [0, 0.1) is 11.8 Å². The molecule has 0 spiro atoms. The van der Waals surface area contributed by atoms with Gasteiger partial charge in [-0.05, 0) is 23.5 Å². The van der Waals surface area contributed by atoms with Crippen molar-refractivity contribution in [3.05, 3.63) is 35.4 Å². The first-order chi connectivity index (χ1) is 9.61. The van der Waals surface area contributed by atoms with Gasteiger partial charge in [0.1, 0.15) is 0 Å². The average Bonchev–Trinajstić information content (AvgIpc) is 2.94. The quantitative estimate of drug-likeness (QED) is 0.739. The molecule has 1 aliphatic rings. The predicted molar refractivity (Wildman–Crippen MR) is 87.6 cm³/mol. The van der Waals surface area contributed by atoms with Crippen LogP contribution in [0.4, 0.5) is 4.39 Å². The van der Waals surface area contributed by atoms with Crippen LogP contribution in [0.2, 0.25) is 0 Å². The Morgan fingerprint density at radius 1 is 1.20 bits per heavy atom. The van der Waals surface area contributed by atoms with Gasteiger partial charge < -0.3 is 0 Å². The first kappa shape index (κ1) is 15.6. The number of nitrogens with zero attached hydrogens (tertiary/aromatic N) is 1. The van der Waals surface area contributed by atoms with Crippen molar-refractivity contribution in [3.8, 4) is 0 Å². The molecular weight excluding hydrogens is 269 g/mol. The van der Waals surface area contributed by atoms with Crippen LogP contribution in [-0.2, 0) is 6.42 Å². The number of halogens is 1. The lowest BCUT2D eigenvalue weighted by Gasteiger charge is -2.21. The first-order valence-corrected chi connectivity index (χ1v) is 8.42. The van der Waals surface area contributed by atoms with Gasteiger partial charge in [-0.1, -0.05) is 45.0 Å². The number of alkyl halides is 1. The van der Waals surface area contributed by atoms with Crippen LogP contribution in [-0.4, -0.2) is 24.0 Å². The van der Waals surface area contributed by atoms with E-state index in [2.05, 4.69) is 50.0 Å². The van der Waals surface area contributed by atoms with Gasteiger partial charge in [0.15, 0.2) is 0 Å². The molecule has 0 bridgehead atoms. The molecule has 20 heavy (non-hydrogen) atoms. The molecule has 0 saturated heterocycles. The molecule has 110 valence electrons. The van der Waals surface area contributed by atoms with Gasteiger partial charge in [-0.25, -0.2) is 0 Å². The summed E-state index contributed by atoms with van der Waals surface area (Å²) >= 11 is 1.78. The van der Waals surface area contributed by atoms with Gasteiger partial charge in [-0.2, -0.15) is 0 Å². The Bertz CT molecular complexity index is 453. The monoisotopic (exact) mass is 293 g/mol. The number of hydrogen-bond acceptors (Lipinski definition) is 2. The summed E-state index contributed by atoms with van der Waals surface area (Å²) in [7, 11) is 0. The zero-order valence-electron chi connectivity index (χ0n) is 12.6. The maximum absolute atomic E-state index is 13.5. The minimum Gasteiger partial charge on any atom is -0.282 e. The minimum atomic E-state index is -0.315. The van der Waals surface area contributed by atoms with E-state index < -0.39 is 0 Å². The van der Waals surface area contributed by atoms with Crippen molar-refractivity contribution >= 4 is 16.8 Å². The molecular formula is C17H24FNS. The third-order valence-electron chi connectivity index (χ3n) is 3.82. The van der Waals surface area contributed by atoms with Crippen LogP contribution < -0.4 is 0 Å². The molecule has 0 unspecified atom stereocenters. The Morgan fingerprint density at radius 3 is 2.40 bits per heavy atom. The predicted octanol–water partition coefficient (Wildman–Crippen LogP) is 4.72. The van der Waals surface area contributed by atoms with Crippen molar-refractivity contribution < 1.29 is 4.39 Å². The smallest absolute Gasteiger partial charge is 0.0969 e. The summed E-state index contributed by atoms with van der Waals surface area (Å²) in [6, 6.07) is 8.49. The van der Waals surface area contributed by atoms with Gasteiger partial charge in [0.2, 0.25) is 0 Å². The molecule has 1 aliphatic heterocycles. The summed E-state index contributed by atoms with van der Waals surface area (Å²) in [5, 5.41) is 1.12. The maximum Gasteiger partial charge on any atom is 0.0969 e. The molecule has 0 fully saturated rings. The van der Waals surface area contributed by atoms with E-state index in [0.29, 0.717) is 5.92 Å². The molecule has 0 saturated carbocycles. The van der Waals surface area contributed by atoms with Crippen molar-refractivity contribution in [2.75, 3.05) is 19.0 Å². The van der Waals surface area contributed by atoms with Crippen LogP contribution in [0.25, 0.3) is 0 Å². The van der Waals surface area contributed by atoms with Gasteiger partial charge in [-0.15, -0.1) is 11.8 Å². The Kier molecular flexibility index (Phi) is 5.64. The van der Waals surface area contributed by atoms with Crippen molar-refractivity contribution in [1.29, 1.82) is 0 Å². The zero-order valence-corrected chi connectivity index (χ0v) is 13.4. The molecule has 1 nitrogen and oxygen atoms in total. The van der Waals surface area contributed by atoms with E-state index >= 15 is 0 Å². The Labute approximate surface area is 126 Å². The van der Waals surface area contributed by atoms with Gasteiger partial charge in [0.05, 0.1) is 11.7 Å². The highest BCUT2D eigenvalue weighted by atomic mass is 32.2. The van der Waals surface area contributed by atoms with Crippen molar-refractivity contribution in [2.24, 2.45) is 16.8 Å². The van der Waals surface area contributed by atoms with Crippen LogP contribution in [0.5, 0.6) is 0 Å². The van der Waals surface area contributed by atoms with E-state index in [1.54, 1.807) is 11.8 Å². The molecule has 0 aliphatic carbocycles. The zero-order chi connectivity index (χ0) is 14.5. The molecule has 0 N–H and O–H groups in total. The molecule has 0 aromatic heterocycles.